The van der Waals surface area contributed by atoms with Crippen LogP contribution in [-0.4, -0.2) is 4.57 Å². The van der Waals surface area contributed by atoms with Crippen molar-refractivity contribution in [1.82, 2.24) is 4.57 Å². The molecule has 2 aromatic carbocycles. The summed E-state index contributed by atoms with van der Waals surface area (Å²) in [5.41, 5.74) is 6.57. The molecule has 4 rings (SSSR count). The molecule has 31 heavy (non-hydrogen) atoms. The van der Waals surface area contributed by atoms with Gasteiger partial charge in [-0.1, -0.05) is 98.9 Å². The average Bonchev–Trinajstić information content (AvgIpc) is 3.03. The number of fused-ring (bicyclic) bond motifs is 3. The molecule has 1 radical (unpaired) electrons. The third-order valence-corrected chi connectivity index (χ3v) is 5.19. The Balaban J connectivity index is 0.000000419. The Hall–Kier alpha value is -2.48. The van der Waals surface area contributed by atoms with Crippen molar-refractivity contribution >= 4 is 27.5 Å². The predicted octanol–water partition coefficient (Wildman–Crippen LogP) is 8.95. The van der Waals surface area contributed by atoms with Crippen LogP contribution in [0.2, 0.25) is 0 Å². The quantitative estimate of drug-likeness (QED) is 0.352. The SMILES string of the molecule is C.C=C(C)/C=C\C=C/C.CC1=CC=C(n2c3ccccc3c3ccccc32)C(C)C1.[V]. The number of benzene rings is 2. The van der Waals surface area contributed by atoms with Gasteiger partial charge in [-0.3, -0.25) is 0 Å². The fourth-order valence-corrected chi connectivity index (χ4v) is 3.87. The number of hydrogen-bond donors (Lipinski definition) is 0. The maximum atomic E-state index is 3.71. The monoisotopic (exact) mass is 448 g/mol. The smallest absolute Gasteiger partial charge is 0.0537 e. The molecule has 0 saturated heterocycles. The minimum atomic E-state index is 0. The number of rotatable bonds is 3. The summed E-state index contributed by atoms with van der Waals surface area (Å²) in [6.07, 6.45) is 13.6. The van der Waals surface area contributed by atoms with E-state index >= 15 is 0 Å². The molecule has 1 heterocycles. The first-order chi connectivity index (χ1) is 14.0. The van der Waals surface area contributed by atoms with Crippen LogP contribution < -0.4 is 0 Å². The second-order valence-corrected chi connectivity index (χ2v) is 7.81. The maximum absolute atomic E-state index is 3.71. The zero-order valence-corrected chi connectivity index (χ0v) is 19.9. The first-order valence-corrected chi connectivity index (χ1v) is 10.3. The van der Waals surface area contributed by atoms with Crippen LogP contribution >= 0.6 is 0 Å². The van der Waals surface area contributed by atoms with Gasteiger partial charge in [-0.05, 0) is 45.4 Å². The van der Waals surface area contributed by atoms with Crippen LogP contribution in [-0.2, 0) is 18.6 Å². The van der Waals surface area contributed by atoms with E-state index in [2.05, 4.69) is 85.7 Å². The standard InChI is InChI=1S/C20H19N.C8H12.CH4.V/c1-14-11-12-18(15(2)13-14)21-19-9-5-3-7-16(19)17-8-4-6-10-20(17)21;1-4-5-6-7-8(2)3;;/h3-12,15H,13H2,1-2H3;4-7H,2H2,1,3H3;1H4;/b;5-4-,7-6-;;. The number of allylic oxidation sites excluding steroid dienone is 9. The minimum Gasteiger partial charge on any atom is -0.313 e. The number of hydrogen-bond acceptors (Lipinski definition) is 0. The molecular weight excluding hydrogens is 413 g/mol. The Morgan fingerprint density at radius 1 is 0.968 bits per heavy atom. The molecule has 0 spiro atoms. The fraction of sp³-hybridized carbons (Fsp3) is 0.241. The van der Waals surface area contributed by atoms with E-state index in [1.807, 2.05) is 38.2 Å². The van der Waals surface area contributed by atoms with Gasteiger partial charge in [0, 0.05) is 40.9 Å². The van der Waals surface area contributed by atoms with Crippen molar-refractivity contribution in [1.29, 1.82) is 0 Å². The van der Waals surface area contributed by atoms with Gasteiger partial charge in [-0.15, -0.1) is 0 Å². The maximum Gasteiger partial charge on any atom is 0.0537 e. The molecule has 1 aliphatic rings. The summed E-state index contributed by atoms with van der Waals surface area (Å²) >= 11 is 0. The molecule has 0 N–H and O–H groups in total. The molecule has 0 amide bonds. The van der Waals surface area contributed by atoms with Crippen LogP contribution in [0.25, 0.3) is 27.5 Å². The molecule has 0 aliphatic heterocycles. The van der Waals surface area contributed by atoms with Crippen LogP contribution in [0.4, 0.5) is 0 Å². The molecule has 2 heteroatoms. The second-order valence-electron chi connectivity index (χ2n) is 7.81. The minimum absolute atomic E-state index is 0. The van der Waals surface area contributed by atoms with Crippen molar-refractivity contribution in [3.63, 3.8) is 0 Å². The van der Waals surface area contributed by atoms with Gasteiger partial charge in [-0.2, -0.15) is 0 Å². The molecule has 0 bridgehead atoms. The first-order valence-electron chi connectivity index (χ1n) is 10.3. The van der Waals surface area contributed by atoms with E-state index in [0.717, 1.165) is 12.0 Å². The van der Waals surface area contributed by atoms with E-state index in [1.54, 1.807) is 0 Å². The Labute approximate surface area is 200 Å². The summed E-state index contributed by atoms with van der Waals surface area (Å²) in [5.74, 6) is 0.550. The zero-order chi connectivity index (χ0) is 20.8. The van der Waals surface area contributed by atoms with Crippen molar-refractivity contribution in [2.24, 2.45) is 5.92 Å². The summed E-state index contributed by atoms with van der Waals surface area (Å²) in [7, 11) is 0. The third-order valence-electron chi connectivity index (χ3n) is 5.19. The second kappa shape index (κ2) is 12.4. The van der Waals surface area contributed by atoms with Crippen LogP contribution in [0.1, 0.15) is 41.5 Å². The van der Waals surface area contributed by atoms with E-state index in [1.165, 1.54) is 33.1 Å². The van der Waals surface area contributed by atoms with Crippen LogP contribution in [0.15, 0.2) is 103 Å². The van der Waals surface area contributed by atoms with E-state index in [9.17, 15) is 0 Å². The third kappa shape index (κ3) is 6.26. The van der Waals surface area contributed by atoms with Crippen molar-refractivity contribution in [3.05, 3.63) is 103 Å². The molecule has 1 atom stereocenters. The van der Waals surface area contributed by atoms with Gasteiger partial charge in [0.05, 0.1) is 11.0 Å². The van der Waals surface area contributed by atoms with Crippen LogP contribution in [0.3, 0.4) is 0 Å². The van der Waals surface area contributed by atoms with E-state index in [0.29, 0.717) is 5.92 Å². The Bertz CT molecular complexity index is 1080. The molecule has 161 valence electrons. The predicted molar refractivity (Wildman–Crippen MR) is 137 cm³/mol. The molecular formula is C29H35NV. The van der Waals surface area contributed by atoms with Gasteiger partial charge in [0.1, 0.15) is 0 Å². The summed E-state index contributed by atoms with van der Waals surface area (Å²) in [6.45, 7) is 12.2. The van der Waals surface area contributed by atoms with Gasteiger partial charge in [-0.25, -0.2) is 0 Å². The normalized spacial score (nSPS) is 15.7. The Kier molecular flexibility index (Phi) is 10.6. The van der Waals surface area contributed by atoms with E-state index in [-0.39, 0.29) is 26.0 Å². The largest absolute Gasteiger partial charge is 0.313 e. The molecule has 0 saturated carbocycles. The van der Waals surface area contributed by atoms with Crippen LogP contribution in [0, 0.1) is 5.92 Å². The van der Waals surface area contributed by atoms with Crippen LogP contribution in [0.5, 0.6) is 0 Å². The molecule has 1 nitrogen and oxygen atoms in total. The summed E-state index contributed by atoms with van der Waals surface area (Å²) in [4.78, 5) is 0. The van der Waals surface area contributed by atoms with Crippen molar-refractivity contribution in [2.75, 3.05) is 0 Å². The molecule has 1 unspecified atom stereocenters. The number of para-hydroxylation sites is 2. The van der Waals surface area contributed by atoms with E-state index in [4.69, 9.17) is 0 Å². The van der Waals surface area contributed by atoms with E-state index < -0.39 is 0 Å². The van der Waals surface area contributed by atoms with Gasteiger partial charge in [0.2, 0.25) is 0 Å². The summed E-state index contributed by atoms with van der Waals surface area (Å²) in [6, 6.07) is 17.4. The topological polar surface area (TPSA) is 4.93 Å². The van der Waals surface area contributed by atoms with Gasteiger partial charge >= 0.3 is 0 Å². The van der Waals surface area contributed by atoms with Crippen molar-refractivity contribution < 1.29 is 18.6 Å². The van der Waals surface area contributed by atoms with Gasteiger partial charge < -0.3 is 4.57 Å². The zero-order valence-electron chi connectivity index (χ0n) is 18.5. The summed E-state index contributed by atoms with van der Waals surface area (Å²) in [5, 5.41) is 2.68. The molecule has 0 fully saturated rings. The number of nitrogens with zero attached hydrogens (tertiary/aromatic N) is 1. The first kappa shape index (κ1) is 26.6. The average molecular weight is 449 g/mol. The molecule has 3 aromatic rings. The molecule has 1 aromatic heterocycles. The summed E-state index contributed by atoms with van der Waals surface area (Å²) < 4.78 is 2.44. The Morgan fingerprint density at radius 2 is 1.52 bits per heavy atom. The fourth-order valence-electron chi connectivity index (χ4n) is 3.87. The number of aromatic nitrogens is 1. The van der Waals surface area contributed by atoms with Crippen molar-refractivity contribution in [2.45, 2.75) is 41.5 Å². The van der Waals surface area contributed by atoms with Crippen molar-refractivity contribution in [3.8, 4) is 0 Å². The van der Waals surface area contributed by atoms with Gasteiger partial charge in [0.15, 0.2) is 0 Å². The Morgan fingerprint density at radius 3 is 2.00 bits per heavy atom. The van der Waals surface area contributed by atoms with Gasteiger partial charge in [0.25, 0.3) is 0 Å². The molecule has 1 aliphatic carbocycles.